The Morgan fingerprint density at radius 1 is 1.57 bits per heavy atom. The number of esters is 1. The Labute approximate surface area is 121 Å². The summed E-state index contributed by atoms with van der Waals surface area (Å²) in [4.78, 5) is 14.0. The van der Waals surface area contributed by atoms with Crippen molar-refractivity contribution in [1.29, 1.82) is 5.26 Å². The Balaban J connectivity index is 1.96. The smallest absolute Gasteiger partial charge is 0.303 e. The highest BCUT2D eigenvalue weighted by Gasteiger charge is 2.24. The van der Waals surface area contributed by atoms with E-state index in [0.717, 1.165) is 5.52 Å². The Hall–Kier alpha value is -2.52. The summed E-state index contributed by atoms with van der Waals surface area (Å²) in [5.74, 6) is 0.241. The van der Waals surface area contributed by atoms with Gasteiger partial charge < -0.3 is 19.2 Å². The number of benzene rings is 1. The molecule has 1 saturated heterocycles. The van der Waals surface area contributed by atoms with Gasteiger partial charge in [0.25, 0.3) is 0 Å². The average molecular weight is 286 g/mol. The SMILES string of the molecule is CC(=O)OCc1[nH]c2cccc(OCC3CO3)c2c1C#N. The average Bonchev–Trinajstić information content (AvgIpc) is 3.22. The van der Waals surface area contributed by atoms with Crippen LogP contribution in [0.25, 0.3) is 10.9 Å². The van der Waals surface area contributed by atoms with E-state index in [0.29, 0.717) is 35.6 Å². The molecule has 21 heavy (non-hydrogen) atoms. The van der Waals surface area contributed by atoms with Crippen molar-refractivity contribution < 1.29 is 19.0 Å². The lowest BCUT2D eigenvalue weighted by molar-refractivity contribution is -0.142. The zero-order valence-electron chi connectivity index (χ0n) is 11.5. The maximum absolute atomic E-state index is 10.9. The minimum Gasteiger partial charge on any atom is -0.490 e. The number of nitriles is 1. The van der Waals surface area contributed by atoms with Crippen LogP contribution in [0.5, 0.6) is 5.75 Å². The first-order valence-corrected chi connectivity index (χ1v) is 6.60. The van der Waals surface area contributed by atoms with E-state index in [1.165, 1.54) is 6.92 Å². The van der Waals surface area contributed by atoms with Gasteiger partial charge in [0.05, 0.1) is 28.8 Å². The molecule has 0 amide bonds. The van der Waals surface area contributed by atoms with E-state index in [4.69, 9.17) is 14.2 Å². The van der Waals surface area contributed by atoms with Gasteiger partial charge in [0.2, 0.25) is 0 Å². The fraction of sp³-hybridized carbons (Fsp3) is 0.333. The Bertz CT molecular complexity index is 725. The summed E-state index contributed by atoms with van der Waals surface area (Å²) in [6.07, 6.45) is 0.144. The molecule has 1 aliphatic heterocycles. The third-order valence-corrected chi connectivity index (χ3v) is 3.22. The van der Waals surface area contributed by atoms with Crippen LogP contribution in [0.1, 0.15) is 18.2 Å². The van der Waals surface area contributed by atoms with Gasteiger partial charge in [0, 0.05) is 6.92 Å². The van der Waals surface area contributed by atoms with Crippen molar-refractivity contribution in [3.8, 4) is 11.8 Å². The molecule has 1 aliphatic rings. The third kappa shape index (κ3) is 2.83. The number of aromatic amines is 1. The van der Waals surface area contributed by atoms with Gasteiger partial charge in [-0.15, -0.1) is 0 Å². The number of aromatic nitrogens is 1. The second-order valence-electron chi connectivity index (χ2n) is 4.82. The highest BCUT2D eigenvalue weighted by Crippen LogP contribution is 2.31. The molecular formula is C15H14N2O4. The van der Waals surface area contributed by atoms with E-state index in [9.17, 15) is 10.1 Å². The van der Waals surface area contributed by atoms with Gasteiger partial charge in [-0.25, -0.2) is 0 Å². The van der Waals surface area contributed by atoms with E-state index < -0.39 is 0 Å². The van der Waals surface area contributed by atoms with Gasteiger partial charge in [0.15, 0.2) is 0 Å². The number of rotatable bonds is 5. The number of ether oxygens (including phenoxy) is 3. The van der Waals surface area contributed by atoms with Crippen molar-refractivity contribution in [3.05, 3.63) is 29.5 Å². The largest absolute Gasteiger partial charge is 0.490 e. The van der Waals surface area contributed by atoms with Crippen LogP contribution >= 0.6 is 0 Å². The van der Waals surface area contributed by atoms with Gasteiger partial charge in [-0.3, -0.25) is 4.79 Å². The Morgan fingerprint density at radius 3 is 3.05 bits per heavy atom. The summed E-state index contributed by atoms with van der Waals surface area (Å²) in [6, 6.07) is 7.67. The van der Waals surface area contributed by atoms with Crippen LogP contribution in [0, 0.1) is 11.3 Å². The van der Waals surface area contributed by atoms with Gasteiger partial charge >= 0.3 is 5.97 Å². The first-order valence-electron chi connectivity index (χ1n) is 6.60. The fourth-order valence-corrected chi connectivity index (χ4v) is 2.14. The lowest BCUT2D eigenvalue weighted by Crippen LogP contribution is -2.04. The van der Waals surface area contributed by atoms with Crippen molar-refractivity contribution in [2.24, 2.45) is 0 Å². The topological polar surface area (TPSA) is 87.6 Å². The maximum Gasteiger partial charge on any atom is 0.303 e. The molecule has 2 heterocycles. The number of nitrogens with zero attached hydrogens (tertiary/aromatic N) is 1. The second kappa shape index (κ2) is 5.46. The number of nitrogens with one attached hydrogen (secondary N) is 1. The van der Waals surface area contributed by atoms with Crippen LogP contribution in [0.15, 0.2) is 18.2 Å². The highest BCUT2D eigenvalue weighted by atomic mass is 16.6. The van der Waals surface area contributed by atoms with Gasteiger partial charge in [-0.2, -0.15) is 5.26 Å². The Kier molecular flexibility index (Phi) is 3.50. The first kappa shape index (κ1) is 13.5. The van der Waals surface area contributed by atoms with Crippen LogP contribution in [-0.2, 0) is 20.9 Å². The van der Waals surface area contributed by atoms with Crippen LogP contribution in [0.2, 0.25) is 0 Å². The van der Waals surface area contributed by atoms with Gasteiger partial charge in [-0.05, 0) is 12.1 Å². The van der Waals surface area contributed by atoms with E-state index in [1.807, 2.05) is 18.2 Å². The summed E-state index contributed by atoms with van der Waals surface area (Å²) in [5.41, 5.74) is 1.79. The van der Waals surface area contributed by atoms with Gasteiger partial charge in [-0.1, -0.05) is 6.07 Å². The molecule has 1 unspecified atom stereocenters. The van der Waals surface area contributed by atoms with Crippen LogP contribution in [-0.4, -0.2) is 30.3 Å². The van der Waals surface area contributed by atoms with Crippen molar-refractivity contribution >= 4 is 16.9 Å². The minimum absolute atomic E-state index is 0.0398. The number of H-pyrrole nitrogens is 1. The molecule has 0 aliphatic carbocycles. The zero-order chi connectivity index (χ0) is 14.8. The molecule has 108 valence electrons. The molecule has 6 nitrogen and oxygen atoms in total. The normalized spacial score (nSPS) is 16.5. The first-order chi connectivity index (χ1) is 10.2. The molecule has 1 aromatic heterocycles. The van der Waals surface area contributed by atoms with Crippen LogP contribution < -0.4 is 4.74 Å². The van der Waals surface area contributed by atoms with Gasteiger partial charge in [0.1, 0.15) is 31.1 Å². The molecule has 0 bridgehead atoms. The molecule has 1 atom stereocenters. The highest BCUT2D eigenvalue weighted by molar-refractivity contribution is 5.92. The molecule has 2 aromatic rings. The van der Waals surface area contributed by atoms with Crippen LogP contribution in [0.4, 0.5) is 0 Å². The molecule has 1 aromatic carbocycles. The van der Waals surface area contributed by atoms with E-state index in [2.05, 4.69) is 11.1 Å². The second-order valence-corrected chi connectivity index (χ2v) is 4.82. The number of hydrogen-bond acceptors (Lipinski definition) is 5. The quantitative estimate of drug-likeness (QED) is 0.669. The summed E-state index contributed by atoms with van der Waals surface area (Å²) in [5, 5.41) is 10.1. The molecule has 0 spiro atoms. The van der Waals surface area contributed by atoms with E-state index in [-0.39, 0.29) is 18.7 Å². The fourth-order valence-electron chi connectivity index (χ4n) is 2.14. The molecule has 6 heteroatoms. The monoisotopic (exact) mass is 286 g/mol. The van der Waals surface area contributed by atoms with Crippen molar-refractivity contribution in [3.63, 3.8) is 0 Å². The van der Waals surface area contributed by atoms with Crippen LogP contribution in [0.3, 0.4) is 0 Å². The summed E-state index contributed by atoms with van der Waals surface area (Å²) >= 11 is 0. The third-order valence-electron chi connectivity index (χ3n) is 3.22. The lowest BCUT2D eigenvalue weighted by atomic mass is 10.1. The predicted molar refractivity (Wildman–Crippen MR) is 73.7 cm³/mol. The molecule has 0 radical (unpaired) electrons. The number of fused-ring (bicyclic) bond motifs is 1. The lowest BCUT2D eigenvalue weighted by Gasteiger charge is -2.05. The maximum atomic E-state index is 10.9. The molecular weight excluding hydrogens is 272 g/mol. The standard InChI is InChI=1S/C15H14N2O4/c1-9(18)19-8-13-11(5-16)15-12(17-13)3-2-4-14(15)21-7-10-6-20-10/h2-4,10,17H,6-8H2,1H3. The molecule has 1 N–H and O–H groups in total. The number of epoxide rings is 1. The summed E-state index contributed by atoms with van der Waals surface area (Å²) in [6.45, 7) is 2.55. The molecule has 3 rings (SSSR count). The number of carbonyl (C=O) groups excluding carboxylic acids is 1. The zero-order valence-corrected chi connectivity index (χ0v) is 11.5. The van der Waals surface area contributed by atoms with Crippen molar-refractivity contribution in [2.75, 3.05) is 13.2 Å². The predicted octanol–water partition coefficient (Wildman–Crippen LogP) is 1.88. The Morgan fingerprint density at radius 2 is 2.38 bits per heavy atom. The van der Waals surface area contributed by atoms with E-state index >= 15 is 0 Å². The van der Waals surface area contributed by atoms with Crippen molar-refractivity contribution in [2.45, 2.75) is 19.6 Å². The minimum atomic E-state index is -0.389. The molecule has 1 fully saturated rings. The van der Waals surface area contributed by atoms with E-state index in [1.54, 1.807) is 0 Å². The summed E-state index contributed by atoms with van der Waals surface area (Å²) < 4.78 is 15.8. The molecule has 0 saturated carbocycles. The summed E-state index contributed by atoms with van der Waals surface area (Å²) in [7, 11) is 0. The number of carbonyl (C=O) groups is 1. The number of hydrogen-bond donors (Lipinski definition) is 1. The van der Waals surface area contributed by atoms with Crippen molar-refractivity contribution in [1.82, 2.24) is 4.98 Å².